The van der Waals surface area contributed by atoms with Gasteiger partial charge in [0.2, 0.25) is 0 Å². The van der Waals surface area contributed by atoms with Crippen molar-refractivity contribution in [3.05, 3.63) is 0 Å². The van der Waals surface area contributed by atoms with Crippen molar-refractivity contribution in [2.24, 2.45) is 0 Å². The zero-order valence-electron chi connectivity index (χ0n) is 9.75. The van der Waals surface area contributed by atoms with Crippen LogP contribution in [0.4, 0.5) is 0 Å². The molecule has 88 valence electrons. The Kier molecular flexibility index (Phi) is 4.94. The molecule has 2 rings (SSSR count). The number of ether oxygens (including phenoxy) is 2. The summed E-state index contributed by atoms with van der Waals surface area (Å²) in [5.41, 5.74) is 0. The maximum absolute atomic E-state index is 5.61. The Bertz CT molecular complexity index is 140. The summed E-state index contributed by atoms with van der Waals surface area (Å²) in [6.45, 7) is 2.00. The van der Waals surface area contributed by atoms with Gasteiger partial charge in [0, 0.05) is 13.2 Å². The highest BCUT2D eigenvalue weighted by atomic mass is 16.5. The van der Waals surface area contributed by atoms with E-state index in [4.69, 9.17) is 9.47 Å². The van der Waals surface area contributed by atoms with Gasteiger partial charge in [0.15, 0.2) is 0 Å². The largest absolute Gasteiger partial charge is 0.378 e. The zero-order valence-corrected chi connectivity index (χ0v) is 9.75. The average molecular weight is 212 g/mol. The van der Waals surface area contributed by atoms with Gasteiger partial charge in [-0.15, -0.1) is 0 Å². The number of unbranched alkanes of at least 4 members (excludes halogenated alkanes) is 2. The molecule has 0 radical (unpaired) electrons. The summed E-state index contributed by atoms with van der Waals surface area (Å²) in [7, 11) is 0. The Labute approximate surface area is 93.3 Å². The highest BCUT2D eigenvalue weighted by Gasteiger charge is 2.16. The van der Waals surface area contributed by atoms with E-state index < -0.39 is 0 Å². The second-order valence-electron chi connectivity index (χ2n) is 4.91. The van der Waals surface area contributed by atoms with Crippen LogP contribution in [-0.4, -0.2) is 25.4 Å². The summed E-state index contributed by atoms with van der Waals surface area (Å²) in [6.07, 6.45) is 12.9. The quantitative estimate of drug-likeness (QED) is 0.629. The van der Waals surface area contributed by atoms with Gasteiger partial charge in [-0.05, 0) is 38.5 Å². The van der Waals surface area contributed by atoms with Crippen LogP contribution >= 0.6 is 0 Å². The van der Waals surface area contributed by atoms with E-state index in [-0.39, 0.29) is 0 Å². The van der Waals surface area contributed by atoms with Gasteiger partial charge in [-0.2, -0.15) is 0 Å². The lowest BCUT2D eigenvalue weighted by Gasteiger charge is -2.10. The fraction of sp³-hybridized carbons (Fsp3) is 1.00. The van der Waals surface area contributed by atoms with Crippen molar-refractivity contribution < 1.29 is 9.47 Å². The molecule has 2 nitrogen and oxygen atoms in total. The van der Waals surface area contributed by atoms with E-state index in [2.05, 4.69) is 0 Å². The second-order valence-corrected chi connectivity index (χ2v) is 4.91. The molecule has 0 aromatic rings. The summed E-state index contributed by atoms with van der Waals surface area (Å²) in [6, 6.07) is 0. The van der Waals surface area contributed by atoms with Gasteiger partial charge >= 0.3 is 0 Å². The van der Waals surface area contributed by atoms with Crippen LogP contribution in [0.3, 0.4) is 0 Å². The molecular formula is C13H24O2. The van der Waals surface area contributed by atoms with Gasteiger partial charge in [-0.25, -0.2) is 0 Å². The lowest BCUT2D eigenvalue weighted by Crippen LogP contribution is -2.06. The Hall–Kier alpha value is -0.0800. The smallest absolute Gasteiger partial charge is 0.0576 e. The Balaban J connectivity index is 1.41. The van der Waals surface area contributed by atoms with Gasteiger partial charge in [-0.1, -0.05) is 19.3 Å². The monoisotopic (exact) mass is 212 g/mol. The number of rotatable bonds is 6. The minimum absolute atomic E-state index is 0.590. The lowest BCUT2D eigenvalue weighted by molar-refractivity contribution is 0.0959. The Morgan fingerprint density at radius 2 is 1.27 bits per heavy atom. The summed E-state index contributed by atoms with van der Waals surface area (Å²) in [5, 5.41) is 0. The molecule has 0 amide bonds. The average Bonchev–Trinajstić information content (AvgIpc) is 2.88. The fourth-order valence-corrected chi connectivity index (χ4v) is 2.66. The molecule has 2 heterocycles. The predicted octanol–water partition coefficient (Wildman–Crippen LogP) is 3.29. The molecule has 0 saturated carbocycles. The van der Waals surface area contributed by atoms with E-state index in [0.29, 0.717) is 12.2 Å². The van der Waals surface area contributed by atoms with E-state index in [1.165, 1.54) is 57.8 Å². The molecule has 2 heteroatoms. The second kappa shape index (κ2) is 6.49. The van der Waals surface area contributed by atoms with Crippen molar-refractivity contribution in [1.29, 1.82) is 0 Å². The maximum atomic E-state index is 5.61. The Morgan fingerprint density at radius 3 is 1.67 bits per heavy atom. The molecule has 2 saturated heterocycles. The molecular weight excluding hydrogens is 188 g/mol. The fourth-order valence-electron chi connectivity index (χ4n) is 2.66. The molecule has 0 spiro atoms. The first-order chi connectivity index (χ1) is 7.45. The number of hydrogen-bond acceptors (Lipinski definition) is 2. The molecule has 0 aromatic heterocycles. The normalized spacial score (nSPS) is 31.2. The minimum atomic E-state index is 0.590. The summed E-state index contributed by atoms with van der Waals surface area (Å²) >= 11 is 0. The molecule has 0 aromatic carbocycles. The highest BCUT2D eigenvalue weighted by Crippen LogP contribution is 2.21. The van der Waals surface area contributed by atoms with Crippen LogP contribution in [0.25, 0.3) is 0 Å². The van der Waals surface area contributed by atoms with E-state index in [1.54, 1.807) is 0 Å². The predicted molar refractivity (Wildman–Crippen MR) is 61.0 cm³/mol. The van der Waals surface area contributed by atoms with E-state index >= 15 is 0 Å². The van der Waals surface area contributed by atoms with Crippen LogP contribution in [0.1, 0.15) is 57.8 Å². The molecule has 2 fully saturated rings. The molecule has 2 aliphatic rings. The van der Waals surface area contributed by atoms with E-state index in [1.807, 2.05) is 0 Å². The van der Waals surface area contributed by atoms with Crippen LogP contribution in [-0.2, 0) is 9.47 Å². The molecule has 2 atom stereocenters. The van der Waals surface area contributed by atoms with Gasteiger partial charge in [0.05, 0.1) is 12.2 Å². The third kappa shape index (κ3) is 4.12. The van der Waals surface area contributed by atoms with Crippen LogP contribution in [0.2, 0.25) is 0 Å². The first-order valence-electron chi connectivity index (χ1n) is 6.68. The molecule has 15 heavy (non-hydrogen) atoms. The van der Waals surface area contributed by atoms with Crippen molar-refractivity contribution in [2.45, 2.75) is 70.0 Å². The molecule has 0 bridgehead atoms. The third-order valence-corrected chi connectivity index (χ3v) is 3.60. The topological polar surface area (TPSA) is 18.5 Å². The molecule has 0 aliphatic carbocycles. The van der Waals surface area contributed by atoms with Crippen molar-refractivity contribution in [2.75, 3.05) is 13.2 Å². The van der Waals surface area contributed by atoms with E-state index in [0.717, 1.165) is 13.2 Å². The van der Waals surface area contributed by atoms with Crippen molar-refractivity contribution in [3.8, 4) is 0 Å². The van der Waals surface area contributed by atoms with Crippen LogP contribution in [0.5, 0.6) is 0 Å². The standard InChI is InChI=1S/C13H24O2/c1(2-6-12-8-4-10-14-12)3-7-13-9-5-11-15-13/h12-13H,1-11H2. The summed E-state index contributed by atoms with van der Waals surface area (Å²) in [4.78, 5) is 0. The number of hydrogen-bond donors (Lipinski definition) is 0. The zero-order chi connectivity index (χ0) is 10.3. The van der Waals surface area contributed by atoms with Crippen LogP contribution < -0.4 is 0 Å². The van der Waals surface area contributed by atoms with Gasteiger partial charge in [0.1, 0.15) is 0 Å². The van der Waals surface area contributed by atoms with Gasteiger partial charge in [0.25, 0.3) is 0 Å². The summed E-state index contributed by atoms with van der Waals surface area (Å²) in [5.74, 6) is 0. The third-order valence-electron chi connectivity index (χ3n) is 3.60. The maximum Gasteiger partial charge on any atom is 0.0576 e. The van der Waals surface area contributed by atoms with Crippen LogP contribution in [0.15, 0.2) is 0 Å². The van der Waals surface area contributed by atoms with Gasteiger partial charge in [-0.3, -0.25) is 0 Å². The first kappa shape index (κ1) is 11.4. The van der Waals surface area contributed by atoms with Crippen molar-refractivity contribution in [1.82, 2.24) is 0 Å². The molecule has 2 unspecified atom stereocenters. The summed E-state index contributed by atoms with van der Waals surface area (Å²) < 4.78 is 11.2. The van der Waals surface area contributed by atoms with Crippen LogP contribution in [0, 0.1) is 0 Å². The highest BCUT2D eigenvalue weighted by molar-refractivity contribution is 4.67. The van der Waals surface area contributed by atoms with Gasteiger partial charge < -0.3 is 9.47 Å². The van der Waals surface area contributed by atoms with Crippen molar-refractivity contribution in [3.63, 3.8) is 0 Å². The molecule has 2 aliphatic heterocycles. The molecule has 0 N–H and O–H groups in total. The lowest BCUT2D eigenvalue weighted by atomic mass is 10.0. The minimum Gasteiger partial charge on any atom is -0.378 e. The van der Waals surface area contributed by atoms with Crippen molar-refractivity contribution >= 4 is 0 Å². The van der Waals surface area contributed by atoms with E-state index in [9.17, 15) is 0 Å². The SMILES string of the molecule is C(CCC1CCCO1)CCC1CCCO1. The first-order valence-corrected chi connectivity index (χ1v) is 6.68. The Morgan fingerprint density at radius 1 is 0.733 bits per heavy atom.